The number of nitrogen functional groups attached to an aromatic ring is 1. The first-order chi connectivity index (χ1) is 7.67. The lowest BCUT2D eigenvalue weighted by molar-refractivity contribution is 0.112. The van der Waals surface area contributed by atoms with Crippen LogP contribution in [0.25, 0.3) is 0 Å². The summed E-state index contributed by atoms with van der Waals surface area (Å²) in [5, 5.41) is 0. The molecule has 4 heteroatoms. The molecular formula is C12H20N2O2. The Morgan fingerprint density at radius 3 is 2.56 bits per heavy atom. The summed E-state index contributed by atoms with van der Waals surface area (Å²) in [5.41, 5.74) is 3.46. The van der Waals surface area contributed by atoms with Gasteiger partial charge >= 0.3 is 0 Å². The van der Waals surface area contributed by atoms with Crippen LogP contribution in [0.4, 0.5) is 0 Å². The lowest BCUT2D eigenvalue weighted by Crippen LogP contribution is -2.17. The summed E-state index contributed by atoms with van der Waals surface area (Å²) < 4.78 is 6.96. The molecule has 0 fully saturated rings. The van der Waals surface area contributed by atoms with E-state index < -0.39 is 0 Å². The molecular weight excluding hydrogens is 204 g/mol. The summed E-state index contributed by atoms with van der Waals surface area (Å²) in [7, 11) is 0. The quantitative estimate of drug-likeness (QED) is 0.592. The largest absolute Gasteiger partial charge is 0.375 e. The second kappa shape index (κ2) is 5.70. The lowest BCUT2D eigenvalue weighted by Gasteiger charge is -2.07. The first-order valence-corrected chi connectivity index (χ1v) is 5.68. The third kappa shape index (κ3) is 2.27. The zero-order valence-electron chi connectivity index (χ0n) is 10.2. The summed E-state index contributed by atoms with van der Waals surface area (Å²) in [6.45, 7) is 7.03. The highest BCUT2D eigenvalue weighted by Gasteiger charge is 2.17. The Morgan fingerprint density at radius 2 is 2.06 bits per heavy atom. The van der Waals surface area contributed by atoms with Gasteiger partial charge in [-0.1, -0.05) is 13.3 Å². The minimum atomic E-state index is 0.462. The Bertz CT molecular complexity index is 370. The number of ether oxygens (including phenoxy) is 1. The first-order valence-electron chi connectivity index (χ1n) is 5.68. The lowest BCUT2D eigenvalue weighted by atomic mass is 10.1. The smallest absolute Gasteiger partial charge is 0.152 e. The van der Waals surface area contributed by atoms with Crippen molar-refractivity contribution in [1.82, 2.24) is 4.68 Å². The molecule has 90 valence electrons. The maximum absolute atomic E-state index is 11.1. The van der Waals surface area contributed by atoms with Crippen molar-refractivity contribution in [2.75, 3.05) is 12.4 Å². The van der Waals surface area contributed by atoms with Crippen molar-refractivity contribution < 1.29 is 9.53 Å². The third-order valence-electron chi connectivity index (χ3n) is 2.78. The van der Waals surface area contributed by atoms with Crippen molar-refractivity contribution in [2.24, 2.45) is 0 Å². The molecule has 16 heavy (non-hydrogen) atoms. The van der Waals surface area contributed by atoms with Crippen molar-refractivity contribution in [3.8, 4) is 0 Å². The number of carbonyl (C=O) groups is 1. The molecule has 1 aromatic rings. The van der Waals surface area contributed by atoms with Crippen LogP contribution in [0, 0.1) is 6.92 Å². The van der Waals surface area contributed by atoms with Crippen molar-refractivity contribution >= 4 is 6.29 Å². The second-order valence-electron chi connectivity index (χ2n) is 3.81. The average Bonchev–Trinajstić information content (AvgIpc) is 2.50. The molecule has 4 nitrogen and oxygen atoms in total. The third-order valence-corrected chi connectivity index (χ3v) is 2.78. The van der Waals surface area contributed by atoms with Gasteiger partial charge in [-0.15, -0.1) is 0 Å². The molecule has 0 radical (unpaired) electrons. The van der Waals surface area contributed by atoms with Gasteiger partial charge in [-0.2, -0.15) is 0 Å². The van der Waals surface area contributed by atoms with E-state index in [1.54, 1.807) is 4.68 Å². The average molecular weight is 224 g/mol. The van der Waals surface area contributed by atoms with Crippen molar-refractivity contribution in [3.05, 3.63) is 22.5 Å². The van der Waals surface area contributed by atoms with Gasteiger partial charge in [0.25, 0.3) is 0 Å². The topological polar surface area (TPSA) is 57.2 Å². The van der Waals surface area contributed by atoms with Gasteiger partial charge in [0.2, 0.25) is 0 Å². The minimum absolute atomic E-state index is 0.462. The van der Waals surface area contributed by atoms with Gasteiger partial charge in [0, 0.05) is 12.2 Å². The number of carbonyl (C=O) groups excluding carboxylic acids is 1. The van der Waals surface area contributed by atoms with Crippen molar-refractivity contribution in [2.45, 2.75) is 40.2 Å². The molecule has 0 amide bonds. The molecule has 0 spiro atoms. The van der Waals surface area contributed by atoms with Crippen molar-refractivity contribution in [3.63, 3.8) is 0 Å². The highest BCUT2D eigenvalue weighted by molar-refractivity contribution is 5.80. The molecule has 1 heterocycles. The molecule has 0 saturated heterocycles. The molecule has 0 aliphatic heterocycles. The molecule has 0 bridgehead atoms. The Morgan fingerprint density at radius 1 is 1.38 bits per heavy atom. The van der Waals surface area contributed by atoms with Gasteiger partial charge in [0.05, 0.1) is 18.0 Å². The summed E-state index contributed by atoms with van der Waals surface area (Å²) >= 11 is 0. The fraction of sp³-hybridized carbons (Fsp3) is 0.583. The van der Waals surface area contributed by atoms with Crippen LogP contribution in [0.5, 0.6) is 0 Å². The fourth-order valence-corrected chi connectivity index (χ4v) is 1.87. The van der Waals surface area contributed by atoms with E-state index in [0.717, 1.165) is 41.6 Å². The number of rotatable bonds is 6. The number of nitrogens with zero attached hydrogens (tertiary/aromatic N) is 1. The molecule has 0 unspecified atom stereocenters. The molecule has 0 aromatic carbocycles. The van der Waals surface area contributed by atoms with Crippen LogP contribution in [-0.2, 0) is 17.8 Å². The van der Waals surface area contributed by atoms with E-state index in [1.165, 1.54) is 0 Å². The van der Waals surface area contributed by atoms with E-state index in [-0.39, 0.29) is 0 Å². The maximum Gasteiger partial charge on any atom is 0.152 e. The Hall–Kier alpha value is -1.29. The van der Waals surface area contributed by atoms with Crippen LogP contribution in [0.15, 0.2) is 0 Å². The number of hydrogen-bond acceptors (Lipinski definition) is 3. The fourth-order valence-electron chi connectivity index (χ4n) is 1.87. The molecule has 1 rings (SSSR count). The molecule has 0 aliphatic carbocycles. The molecule has 1 aromatic heterocycles. The van der Waals surface area contributed by atoms with Gasteiger partial charge in [0.1, 0.15) is 0 Å². The highest BCUT2D eigenvalue weighted by Crippen LogP contribution is 2.21. The number of nitrogens with two attached hydrogens (primary N) is 1. The van der Waals surface area contributed by atoms with E-state index in [4.69, 9.17) is 10.6 Å². The Labute approximate surface area is 96.4 Å². The van der Waals surface area contributed by atoms with Crippen LogP contribution in [-0.4, -0.2) is 17.6 Å². The van der Waals surface area contributed by atoms with Gasteiger partial charge in [0.15, 0.2) is 6.29 Å². The second-order valence-corrected chi connectivity index (χ2v) is 3.81. The van der Waals surface area contributed by atoms with E-state index in [9.17, 15) is 4.79 Å². The Balaban J connectivity index is 3.13. The van der Waals surface area contributed by atoms with E-state index >= 15 is 0 Å². The number of aldehydes is 1. The normalized spacial score (nSPS) is 10.7. The van der Waals surface area contributed by atoms with Crippen LogP contribution < -0.4 is 5.84 Å². The van der Waals surface area contributed by atoms with Crippen LogP contribution in [0.1, 0.15) is 47.6 Å². The van der Waals surface area contributed by atoms with E-state index in [1.807, 2.05) is 13.8 Å². The van der Waals surface area contributed by atoms with Gasteiger partial charge in [-0.05, 0) is 25.8 Å². The number of hydrogen-bond donors (Lipinski definition) is 1. The summed E-state index contributed by atoms with van der Waals surface area (Å²) in [5.74, 6) is 5.99. The van der Waals surface area contributed by atoms with Gasteiger partial charge in [-0.25, -0.2) is 0 Å². The molecule has 0 aliphatic rings. The monoisotopic (exact) mass is 224 g/mol. The summed E-state index contributed by atoms with van der Waals surface area (Å²) in [4.78, 5) is 11.1. The highest BCUT2D eigenvalue weighted by atomic mass is 16.5. The number of aromatic nitrogens is 1. The molecule has 2 N–H and O–H groups in total. The molecule has 0 atom stereocenters. The minimum Gasteiger partial charge on any atom is -0.375 e. The Kier molecular flexibility index (Phi) is 4.55. The summed E-state index contributed by atoms with van der Waals surface area (Å²) in [6.07, 6.45) is 2.67. The van der Waals surface area contributed by atoms with Gasteiger partial charge < -0.3 is 10.6 Å². The first kappa shape index (κ1) is 12.8. The SMILES string of the molecule is CCCc1c(C=O)c(C)c(COCC)n1N. The standard InChI is InChI=1S/C12H20N2O2/c1-4-6-11-10(7-15)9(3)12(14(11)13)8-16-5-2/h7H,4-6,8,13H2,1-3H3. The zero-order valence-corrected chi connectivity index (χ0v) is 10.2. The van der Waals surface area contributed by atoms with Crippen molar-refractivity contribution in [1.29, 1.82) is 0 Å². The molecule has 0 saturated carbocycles. The zero-order chi connectivity index (χ0) is 12.1. The predicted octanol–water partition coefficient (Wildman–Crippen LogP) is 1.81. The van der Waals surface area contributed by atoms with Crippen LogP contribution >= 0.6 is 0 Å². The van der Waals surface area contributed by atoms with Crippen LogP contribution in [0.3, 0.4) is 0 Å². The van der Waals surface area contributed by atoms with Crippen LogP contribution in [0.2, 0.25) is 0 Å². The maximum atomic E-state index is 11.1. The van der Waals surface area contributed by atoms with E-state index in [2.05, 4.69) is 6.92 Å². The summed E-state index contributed by atoms with van der Waals surface area (Å²) in [6, 6.07) is 0. The van der Waals surface area contributed by atoms with Gasteiger partial charge in [-0.3, -0.25) is 9.47 Å². The van der Waals surface area contributed by atoms with E-state index in [0.29, 0.717) is 13.2 Å². The predicted molar refractivity (Wildman–Crippen MR) is 64.0 cm³/mol.